The van der Waals surface area contributed by atoms with Gasteiger partial charge in [0.1, 0.15) is 0 Å². The van der Waals surface area contributed by atoms with Crippen molar-refractivity contribution >= 4 is 16.8 Å². The molecule has 0 N–H and O–H groups in total. The summed E-state index contributed by atoms with van der Waals surface area (Å²) in [4.78, 5) is 15.5. The van der Waals surface area contributed by atoms with E-state index in [2.05, 4.69) is 16.5 Å². The molecule has 2 aromatic rings. The third kappa shape index (κ3) is 1.77. The van der Waals surface area contributed by atoms with Crippen molar-refractivity contribution in [2.24, 2.45) is 0 Å². The van der Waals surface area contributed by atoms with Crippen LogP contribution in [0.3, 0.4) is 0 Å². The molecule has 78 valence electrons. The number of hydrogen-bond donors (Lipinski definition) is 0. The molecular weight excluding hydrogens is 188 g/mol. The number of Topliss-reactive ketones (excluding diaryl/α,β-unsaturated/α-hetero) is 1. The summed E-state index contributed by atoms with van der Waals surface area (Å²) in [6.07, 6.45) is 2.91. The van der Waals surface area contributed by atoms with E-state index < -0.39 is 0 Å². The van der Waals surface area contributed by atoms with Crippen LogP contribution in [0, 0.1) is 0 Å². The third-order valence-electron chi connectivity index (χ3n) is 2.49. The fourth-order valence-corrected chi connectivity index (χ4v) is 1.70. The number of aryl methyl sites for hydroxylation is 1. The SMILES string of the molecule is CCCn1cnc2cc(C(C)=O)ccc21. The van der Waals surface area contributed by atoms with Crippen LogP contribution in [0.4, 0.5) is 0 Å². The highest BCUT2D eigenvalue weighted by Crippen LogP contribution is 2.15. The average Bonchev–Trinajstić information content (AvgIpc) is 2.61. The van der Waals surface area contributed by atoms with Gasteiger partial charge in [-0.05, 0) is 31.5 Å². The van der Waals surface area contributed by atoms with Crippen molar-refractivity contribution in [3.05, 3.63) is 30.1 Å². The van der Waals surface area contributed by atoms with Crippen LogP contribution in [0.1, 0.15) is 30.6 Å². The smallest absolute Gasteiger partial charge is 0.159 e. The number of carbonyl (C=O) groups excluding carboxylic acids is 1. The molecule has 0 atom stereocenters. The predicted octanol–water partition coefficient (Wildman–Crippen LogP) is 2.65. The molecule has 0 aliphatic carbocycles. The summed E-state index contributed by atoms with van der Waals surface area (Å²) in [6.45, 7) is 4.68. The Labute approximate surface area is 88.7 Å². The predicted molar refractivity (Wildman–Crippen MR) is 60.0 cm³/mol. The number of ketones is 1. The van der Waals surface area contributed by atoms with Gasteiger partial charge in [-0.25, -0.2) is 4.98 Å². The second kappa shape index (κ2) is 3.85. The Morgan fingerprint density at radius 3 is 2.93 bits per heavy atom. The monoisotopic (exact) mass is 202 g/mol. The molecule has 2 rings (SSSR count). The quantitative estimate of drug-likeness (QED) is 0.717. The number of carbonyl (C=O) groups is 1. The molecule has 0 fully saturated rings. The lowest BCUT2D eigenvalue weighted by Crippen LogP contribution is -1.95. The molecule has 0 saturated carbocycles. The van der Waals surface area contributed by atoms with E-state index in [1.54, 1.807) is 6.92 Å². The summed E-state index contributed by atoms with van der Waals surface area (Å²) in [7, 11) is 0. The van der Waals surface area contributed by atoms with Gasteiger partial charge in [0.2, 0.25) is 0 Å². The number of benzene rings is 1. The molecule has 15 heavy (non-hydrogen) atoms. The zero-order chi connectivity index (χ0) is 10.8. The summed E-state index contributed by atoms with van der Waals surface area (Å²) in [5.74, 6) is 0.0851. The van der Waals surface area contributed by atoms with E-state index in [0.29, 0.717) is 0 Å². The molecule has 0 aliphatic heterocycles. The molecule has 0 aliphatic rings. The molecule has 0 radical (unpaired) electrons. The Morgan fingerprint density at radius 1 is 1.47 bits per heavy atom. The van der Waals surface area contributed by atoms with E-state index in [9.17, 15) is 4.79 Å². The summed E-state index contributed by atoms with van der Waals surface area (Å²) < 4.78 is 2.11. The van der Waals surface area contributed by atoms with E-state index in [-0.39, 0.29) is 5.78 Å². The zero-order valence-electron chi connectivity index (χ0n) is 9.03. The molecule has 0 unspecified atom stereocenters. The van der Waals surface area contributed by atoms with Gasteiger partial charge in [0.25, 0.3) is 0 Å². The average molecular weight is 202 g/mol. The van der Waals surface area contributed by atoms with Crippen molar-refractivity contribution in [3.63, 3.8) is 0 Å². The van der Waals surface area contributed by atoms with Gasteiger partial charge in [-0.15, -0.1) is 0 Å². The first-order valence-corrected chi connectivity index (χ1v) is 5.18. The molecule has 0 bridgehead atoms. The number of fused-ring (bicyclic) bond motifs is 1. The first-order chi connectivity index (χ1) is 7.22. The number of hydrogen-bond acceptors (Lipinski definition) is 2. The minimum Gasteiger partial charge on any atom is -0.331 e. The Bertz CT molecular complexity index is 499. The van der Waals surface area contributed by atoms with E-state index in [1.165, 1.54) is 0 Å². The molecule has 3 nitrogen and oxygen atoms in total. The number of imidazole rings is 1. The van der Waals surface area contributed by atoms with Crippen molar-refractivity contribution in [3.8, 4) is 0 Å². The first-order valence-electron chi connectivity index (χ1n) is 5.18. The van der Waals surface area contributed by atoms with E-state index in [1.807, 2.05) is 24.5 Å². The number of nitrogens with zero attached hydrogens (tertiary/aromatic N) is 2. The summed E-state index contributed by atoms with van der Waals surface area (Å²) in [5.41, 5.74) is 2.72. The molecule has 0 amide bonds. The van der Waals surface area contributed by atoms with Crippen molar-refractivity contribution in [1.29, 1.82) is 0 Å². The Balaban J connectivity index is 2.51. The first kappa shape index (κ1) is 9.90. The normalized spacial score (nSPS) is 10.8. The fraction of sp³-hybridized carbons (Fsp3) is 0.333. The van der Waals surface area contributed by atoms with Crippen molar-refractivity contribution in [2.45, 2.75) is 26.8 Å². The summed E-state index contributed by atoms with van der Waals surface area (Å²) in [5, 5.41) is 0. The van der Waals surface area contributed by atoms with Crippen LogP contribution in [0.25, 0.3) is 11.0 Å². The Hall–Kier alpha value is -1.64. The van der Waals surface area contributed by atoms with Crippen LogP contribution in [0.5, 0.6) is 0 Å². The van der Waals surface area contributed by atoms with Gasteiger partial charge >= 0.3 is 0 Å². The highest BCUT2D eigenvalue weighted by atomic mass is 16.1. The topological polar surface area (TPSA) is 34.9 Å². The number of rotatable bonds is 3. The van der Waals surface area contributed by atoms with Gasteiger partial charge in [0.05, 0.1) is 17.4 Å². The molecule has 1 aromatic carbocycles. The van der Waals surface area contributed by atoms with Crippen LogP contribution >= 0.6 is 0 Å². The highest BCUT2D eigenvalue weighted by Gasteiger charge is 2.05. The van der Waals surface area contributed by atoms with Gasteiger partial charge in [0.15, 0.2) is 5.78 Å². The van der Waals surface area contributed by atoms with Gasteiger partial charge in [-0.3, -0.25) is 4.79 Å². The second-order valence-electron chi connectivity index (χ2n) is 3.70. The minimum atomic E-state index is 0.0851. The maximum Gasteiger partial charge on any atom is 0.159 e. The van der Waals surface area contributed by atoms with Crippen LogP contribution in [0.15, 0.2) is 24.5 Å². The molecule has 0 saturated heterocycles. The lowest BCUT2D eigenvalue weighted by atomic mass is 10.1. The molecular formula is C12H14N2O. The standard InChI is InChI=1S/C12H14N2O/c1-3-6-14-8-13-11-7-10(9(2)15)4-5-12(11)14/h4-5,7-8H,3,6H2,1-2H3. The molecule has 1 aromatic heterocycles. The highest BCUT2D eigenvalue weighted by molar-refractivity contribution is 5.97. The number of aromatic nitrogens is 2. The summed E-state index contributed by atoms with van der Waals surface area (Å²) in [6, 6.07) is 5.68. The maximum absolute atomic E-state index is 11.2. The Morgan fingerprint density at radius 2 is 2.27 bits per heavy atom. The minimum absolute atomic E-state index is 0.0851. The van der Waals surface area contributed by atoms with Gasteiger partial charge < -0.3 is 4.57 Å². The van der Waals surface area contributed by atoms with Crippen molar-refractivity contribution in [1.82, 2.24) is 9.55 Å². The Kier molecular flexibility index (Phi) is 2.54. The summed E-state index contributed by atoms with van der Waals surface area (Å²) >= 11 is 0. The molecule has 1 heterocycles. The lowest BCUT2D eigenvalue weighted by molar-refractivity contribution is 0.101. The van der Waals surface area contributed by atoms with Gasteiger partial charge in [-0.2, -0.15) is 0 Å². The molecule has 3 heteroatoms. The van der Waals surface area contributed by atoms with Crippen LogP contribution in [0.2, 0.25) is 0 Å². The maximum atomic E-state index is 11.2. The van der Waals surface area contributed by atoms with Crippen LogP contribution in [-0.4, -0.2) is 15.3 Å². The lowest BCUT2D eigenvalue weighted by Gasteiger charge is -2.01. The van der Waals surface area contributed by atoms with Crippen molar-refractivity contribution in [2.75, 3.05) is 0 Å². The largest absolute Gasteiger partial charge is 0.331 e. The van der Waals surface area contributed by atoms with Crippen LogP contribution in [-0.2, 0) is 6.54 Å². The van der Waals surface area contributed by atoms with Gasteiger partial charge in [0, 0.05) is 12.1 Å². The van der Waals surface area contributed by atoms with Gasteiger partial charge in [-0.1, -0.05) is 6.92 Å². The molecule has 0 spiro atoms. The van der Waals surface area contributed by atoms with Crippen LogP contribution < -0.4 is 0 Å². The van der Waals surface area contributed by atoms with E-state index >= 15 is 0 Å². The second-order valence-corrected chi connectivity index (χ2v) is 3.70. The van der Waals surface area contributed by atoms with E-state index in [4.69, 9.17) is 0 Å². The third-order valence-corrected chi connectivity index (χ3v) is 2.49. The van der Waals surface area contributed by atoms with Crippen molar-refractivity contribution < 1.29 is 4.79 Å². The zero-order valence-corrected chi connectivity index (χ0v) is 9.03. The van der Waals surface area contributed by atoms with E-state index in [0.717, 1.165) is 29.6 Å². The fourth-order valence-electron chi connectivity index (χ4n) is 1.70.